The first-order valence-corrected chi connectivity index (χ1v) is 6.28. The third-order valence-corrected chi connectivity index (χ3v) is 3.36. The second kappa shape index (κ2) is 5.36. The number of carbonyl (C=O) groups is 1. The molecule has 1 saturated heterocycles. The fourth-order valence-electron chi connectivity index (χ4n) is 2.16. The maximum absolute atomic E-state index is 12.1. The van der Waals surface area contributed by atoms with Crippen LogP contribution in [0.1, 0.15) is 23.2 Å². The first-order valence-electron chi connectivity index (χ1n) is 5.74. The molecule has 0 spiro atoms. The van der Waals surface area contributed by atoms with Crippen LogP contribution >= 0.6 is 11.6 Å². The summed E-state index contributed by atoms with van der Waals surface area (Å²) >= 11 is 5.69. The molecule has 0 saturated carbocycles. The second-order valence-corrected chi connectivity index (χ2v) is 4.68. The number of H-pyrrole nitrogens is 1. The van der Waals surface area contributed by atoms with E-state index in [0.717, 1.165) is 12.8 Å². The molecule has 17 heavy (non-hydrogen) atoms. The van der Waals surface area contributed by atoms with Crippen molar-refractivity contribution in [2.45, 2.75) is 12.8 Å². The van der Waals surface area contributed by atoms with E-state index in [9.17, 15) is 9.59 Å². The minimum atomic E-state index is -0.227. The number of pyridine rings is 1. The lowest BCUT2D eigenvalue weighted by Gasteiger charge is -2.15. The largest absolute Gasteiger partial charge is 0.367 e. The summed E-state index contributed by atoms with van der Waals surface area (Å²) in [6.07, 6.45) is 4.90. The van der Waals surface area contributed by atoms with Gasteiger partial charge in [0.05, 0.1) is 0 Å². The number of alkyl halides is 1. The highest BCUT2D eigenvalue weighted by atomic mass is 35.5. The van der Waals surface area contributed by atoms with E-state index >= 15 is 0 Å². The highest BCUT2D eigenvalue weighted by Crippen LogP contribution is 2.20. The smallest absolute Gasteiger partial charge is 0.259 e. The lowest BCUT2D eigenvalue weighted by Crippen LogP contribution is -2.32. The molecule has 1 amide bonds. The summed E-state index contributed by atoms with van der Waals surface area (Å²) in [6.45, 7) is 1.43. The topological polar surface area (TPSA) is 53.2 Å². The number of rotatable bonds is 3. The summed E-state index contributed by atoms with van der Waals surface area (Å²) in [5.74, 6) is 0.918. The standard InChI is InChI=1S/C12H15ClN2O2/c13-4-1-9-3-6-15(8-9)12(17)10-7-14-5-2-11(10)16/h2,5,7,9H,1,3-4,6,8H2,(H,14,16). The molecule has 2 heterocycles. The molecule has 0 aliphatic carbocycles. The fourth-order valence-corrected chi connectivity index (χ4v) is 2.47. The van der Waals surface area contributed by atoms with Crippen LogP contribution in [0.25, 0.3) is 0 Å². The Morgan fingerprint density at radius 1 is 1.59 bits per heavy atom. The van der Waals surface area contributed by atoms with Crippen LogP contribution in [0.2, 0.25) is 0 Å². The number of hydrogen-bond acceptors (Lipinski definition) is 2. The van der Waals surface area contributed by atoms with Gasteiger partial charge in [-0.15, -0.1) is 11.6 Å². The average molecular weight is 255 g/mol. The van der Waals surface area contributed by atoms with Crippen molar-refractivity contribution in [2.75, 3.05) is 19.0 Å². The van der Waals surface area contributed by atoms with Crippen molar-refractivity contribution >= 4 is 17.5 Å². The van der Waals surface area contributed by atoms with Gasteiger partial charge < -0.3 is 9.88 Å². The van der Waals surface area contributed by atoms with E-state index in [1.54, 1.807) is 4.90 Å². The first-order chi connectivity index (χ1) is 8.22. The Labute approximate surface area is 105 Å². The van der Waals surface area contributed by atoms with Crippen molar-refractivity contribution in [2.24, 2.45) is 5.92 Å². The predicted octanol–water partition coefficient (Wildman–Crippen LogP) is 1.47. The lowest BCUT2D eigenvalue weighted by atomic mass is 10.1. The molecule has 1 N–H and O–H groups in total. The zero-order valence-electron chi connectivity index (χ0n) is 9.49. The summed E-state index contributed by atoms with van der Waals surface area (Å²) < 4.78 is 0. The molecule has 1 fully saturated rings. The van der Waals surface area contributed by atoms with Gasteiger partial charge in [-0.05, 0) is 18.8 Å². The lowest BCUT2D eigenvalue weighted by molar-refractivity contribution is 0.0785. The Kier molecular flexibility index (Phi) is 3.84. The van der Waals surface area contributed by atoms with Gasteiger partial charge in [-0.2, -0.15) is 0 Å². The summed E-state index contributed by atoms with van der Waals surface area (Å²) in [6, 6.07) is 1.37. The van der Waals surface area contributed by atoms with E-state index in [-0.39, 0.29) is 16.9 Å². The zero-order valence-corrected chi connectivity index (χ0v) is 10.2. The second-order valence-electron chi connectivity index (χ2n) is 4.31. The van der Waals surface area contributed by atoms with Gasteiger partial charge in [0.1, 0.15) is 5.56 Å². The molecule has 5 heteroatoms. The van der Waals surface area contributed by atoms with Gasteiger partial charge in [0, 0.05) is 37.4 Å². The van der Waals surface area contributed by atoms with Crippen LogP contribution in [0.5, 0.6) is 0 Å². The Bertz CT molecular complexity index is 458. The third kappa shape index (κ3) is 2.69. The molecule has 1 aromatic rings. The summed E-state index contributed by atoms with van der Waals surface area (Å²) in [5, 5.41) is 0. The van der Waals surface area contributed by atoms with Crippen molar-refractivity contribution in [1.82, 2.24) is 9.88 Å². The maximum Gasteiger partial charge on any atom is 0.259 e. The van der Waals surface area contributed by atoms with E-state index in [0.29, 0.717) is 24.9 Å². The van der Waals surface area contributed by atoms with Gasteiger partial charge in [0.25, 0.3) is 5.91 Å². The Morgan fingerprint density at radius 3 is 3.12 bits per heavy atom. The molecule has 1 aliphatic heterocycles. The minimum absolute atomic E-state index is 0.177. The van der Waals surface area contributed by atoms with Crippen molar-refractivity contribution in [3.8, 4) is 0 Å². The fraction of sp³-hybridized carbons (Fsp3) is 0.500. The minimum Gasteiger partial charge on any atom is -0.367 e. The van der Waals surface area contributed by atoms with Crippen LogP contribution in [-0.2, 0) is 0 Å². The zero-order chi connectivity index (χ0) is 12.3. The van der Waals surface area contributed by atoms with Crippen molar-refractivity contribution in [3.05, 3.63) is 34.2 Å². The van der Waals surface area contributed by atoms with Gasteiger partial charge in [-0.1, -0.05) is 0 Å². The van der Waals surface area contributed by atoms with Crippen LogP contribution in [0, 0.1) is 5.92 Å². The molecular weight excluding hydrogens is 240 g/mol. The number of aromatic amines is 1. The Morgan fingerprint density at radius 2 is 2.41 bits per heavy atom. The number of likely N-dealkylation sites (tertiary alicyclic amines) is 1. The van der Waals surface area contributed by atoms with Crippen molar-refractivity contribution < 1.29 is 4.79 Å². The van der Waals surface area contributed by atoms with Crippen LogP contribution in [0.4, 0.5) is 0 Å². The number of hydrogen-bond donors (Lipinski definition) is 1. The van der Waals surface area contributed by atoms with Gasteiger partial charge in [-0.25, -0.2) is 0 Å². The van der Waals surface area contributed by atoms with Gasteiger partial charge in [0.15, 0.2) is 5.43 Å². The SMILES string of the molecule is O=C(c1c[nH]ccc1=O)N1CCC(CCCl)C1. The number of nitrogens with one attached hydrogen (secondary N) is 1. The number of carbonyl (C=O) groups excluding carboxylic acids is 1. The molecule has 2 rings (SSSR count). The third-order valence-electron chi connectivity index (χ3n) is 3.14. The number of halogens is 1. The van der Waals surface area contributed by atoms with Crippen LogP contribution in [-0.4, -0.2) is 34.8 Å². The average Bonchev–Trinajstić information content (AvgIpc) is 2.78. The van der Waals surface area contributed by atoms with E-state index in [1.807, 2.05) is 0 Å². The summed E-state index contributed by atoms with van der Waals surface area (Å²) in [5.41, 5.74) is -0.00596. The molecule has 1 unspecified atom stereocenters. The van der Waals surface area contributed by atoms with Crippen molar-refractivity contribution in [1.29, 1.82) is 0 Å². The van der Waals surface area contributed by atoms with Gasteiger partial charge in [0.2, 0.25) is 0 Å². The molecule has 0 bridgehead atoms. The maximum atomic E-state index is 12.1. The Hall–Kier alpha value is -1.29. The van der Waals surface area contributed by atoms with Crippen LogP contribution in [0.15, 0.2) is 23.3 Å². The highest BCUT2D eigenvalue weighted by Gasteiger charge is 2.27. The van der Waals surface area contributed by atoms with Crippen LogP contribution in [0.3, 0.4) is 0 Å². The van der Waals surface area contributed by atoms with Gasteiger partial charge in [-0.3, -0.25) is 9.59 Å². The quantitative estimate of drug-likeness (QED) is 0.831. The number of amides is 1. The molecule has 92 valence electrons. The van der Waals surface area contributed by atoms with E-state index in [4.69, 9.17) is 11.6 Å². The summed E-state index contributed by atoms with van der Waals surface area (Å²) in [7, 11) is 0. The molecule has 1 aliphatic rings. The molecule has 1 aromatic heterocycles. The molecule has 0 aromatic carbocycles. The highest BCUT2D eigenvalue weighted by molar-refractivity contribution is 6.17. The normalized spacial score (nSPS) is 19.6. The number of nitrogens with zero attached hydrogens (tertiary/aromatic N) is 1. The van der Waals surface area contributed by atoms with Gasteiger partial charge >= 0.3 is 0 Å². The molecule has 4 nitrogen and oxygen atoms in total. The van der Waals surface area contributed by atoms with E-state index in [2.05, 4.69) is 4.98 Å². The predicted molar refractivity (Wildman–Crippen MR) is 66.4 cm³/mol. The van der Waals surface area contributed by atoms with Crippen molar-refractivity contribution in [3.63, 3.8) is 0 Å². The van der Waals surface area contributed by atoms with Crippen LogP contribution < -0.4 is 5.43 Å². The molecule has 1 atom stereocenters. The molecule has 0 radical (unpaired) electrons. The van der Waals surface area contributed by atoms with E-state index < -0.39 is 0 Å². The first kappa shape index (κ1) is 12.2. The Balaban J connectivity index is 2.07. The summed E-state index contributed by atoms with van der Waals surface area (Å²) in [4.78, 5) is 28.1. The number of aromatic nitrogens is 1. The van der Waals surface area contributed by atoms with E-state index in [1.165, 1.54) is 18.5 Å². The monoisotopic (exact) mass is 254 g/mol. The molecular formula is C12H15ClN2O2.